The summed E-state index contributed by atoms with van der Waals surface area (Å²) in [6.45, 7) is 12.7. The van der Waals surface area contributed by atoms with Gasteiger partial charge in [-0.3, -0.25) is 9.80 Å². The first-order valence-electron chi connectivity index (χ1n) is 8.08. The number of rotatable bonds is 7. The van der Waals surface area contributed by atoms with E-state index in [0.717, 1.165) is 35.6 Å². The second-order valence-electron chi connectivity index (χ2n) is 5.67. The summed E-state index contributed by atoms with van der Waals surface area (Å²) in [5, 5.41) is 0.973. The van der Waals surface area contributed by atoms with Crippen LogP contribution in [0.1, 0.15) is 31.5 Å². The lowest BCUT2D eigenvalue weighted by atomic mass is 10.2. The van der Waals surface area contributed by atoms with Crippen molar-refractivity contribution < 1.29 is 4.79 Å². The Bertz CT molecular complexity index is 581. The van der Waals surface area contributed by atoms with Gasteiger partial charge < -0.3 is 4.90 Å². The number of amides is 2. The lowest BCUT2D eigenvalue weighted by Crippen LogP contribution is -2.58. The number of allylic oxidation sites excluding steroid dienone is 1. The van der Waals surface area contributed by atoms with Crippen molar-refractivity contribution in [1.29, 1.82) is 0 Å². The third kappa shape index (κ3) is 4.00. The maximum absolute atomic E-state index is 12.9. The highest BCUT2D eigenvalue weighted by molar-refractivity contribution is 7.10. The van der Waals surface area contributed by atoms with E-state index in [1.54, 1.807) is 0 Å². The summed E-state index contributed by atoms with van der Waals surface area (Å²) in [4.78, 5) is 18.9. The van der Waals surface area contributed by atoms with Gasteiger partial charge in [0.05, 0.1) is 19.0 Å². The average Bonchev–Trinajstić information content (AvgIpc) is 2.93. The molecule has 0 atom stereocenters. The summed E-state index contributed by atoms with van der Waals surface area (Å²) in [5.74, 6) is 0. The third-order valence-corrected chi connectivity index (χ3v) is 5.00. The van der Waals surface area contributed by atoms with Crippen molar-refractivity contribution in [2.75, 3.05) is 31.3 Å². The normalized spacial score (nSPS) is 16.6. The first kappa shape index (κ1) is 17.7. The maximum atomic E-state index is 12.9. The van der Waals surface area contributed by atoms with Crippen molar-refractivity contribution in [3.05, 3.63) is 36.1 Å². The monoisotopic (exact) mass is 334 g/mol. The summed E-state index contributed by atoms with van der Waals surface area (Å²) in [7, 11) is 0. The van der Waals surface area contributed by atoms with E-state index in [2.05, 4.69) is 35.8 Å². The van der Waals surface area contributed by atoms with Crippen molar-refractivity contribution in [3.63, 3.8) is 0 Å². The molecule has 0 spiro atoms. The van der Waals surface area contributed by atoms with E-state index >= 15 is 0 Å². The van der Waals surface area contributed by atoms with Crippen molar-refractivity contribution in [2.24, 2.45) is 0 Å². The van der Waals surface area contributed by atoms with Crippen molar-refractivity contribution in [2.45, 2.75) is 33.6 Å². The van der Waals surface area contributed by atoms with Crippen LogP contribution in [0, 0.1) is 6.92 Å². The fraction of sp³-hybridized carbons (Fsp3) is 0.529. The van der Waals surface area contributed by atoms with E-state index in [1.165, 1.54) is 11.5 Å². The largest absolute Gasteiger partial charge is 0.327 e. The molecule has 1 aliphatic heterocycles. The molecule has 0 saturated carbocycles. The molecule has 0 aliphatic carbocycles. The minimum Gasteiger partial charge on any atom is -0.311 e. The number of aromatic nitrogens is 1. The second-order valence-corrected chi connectivity index (χ2v) is 6.42. The van der Waals surface area contributed by atoms with Crippen LogP contribution in [0.3, 0.4) is 0 Å². The molecule has 0 unspecified atom stereocenters. The molecule has 1 aromatic rings. The van der Waals surface area contributed by atoms with Crippen molar-refractivity contribution in [1.82, 2.24) is 14.2 Å². The number of aryl methyl sites for hydroxylation is 1. The molecule has 1 aliphatic rings. The lowest BCUT2D eigenvalue weighted by molar-refractivity contribution is 0.124. The van der Waals surface area contributed by atoms with Crippen LogP contribution in [0.25, 0.3) is 0 Å². The summed E-state index contributed by atoms with van der Waals surface area (Å²) >= 11 is 1.43. The Morgan fingerprint density at radius 2 is 2.17 bits per heavy atom. The van der Waals surface area contributed by atoms with Gasteiger partial charge in [0.25, 0.3) is 0 Å². The Hall–Kier alpha value is -1.66. The second kappa shape index (κ2) is 8.26. The maximum Gasteiger partial charge on any atom is 0.327 e. The molecule has 2 heterocycles. The van der Waals surface area contributed by atoms with Gasteiger partial charge in [-0.2, -0.15) is 4.37 Å². The molecule has 23 heavy (non-hydrogen) atoms. The van der Waals surface area contributed by atoms with Crippen molar-refractivity contribution >= 4 is 22.6 Å². The number of urea groups is 1. The highest BCUT2D eigenvalue weighted by atomic mass is 32.1. The van der Waals surface area contributed by atoms with Gasteiger partial charge in [-0.15, -0.1) is 6.58 Å². The van der Waals surface area contributed by atoms with Crippen LogP contribution in [0.4, 0.5) is 9.80 Å². The zero-order chi connectivity index (χ0) is 16.8. The van der Waals surface area contributed by atoms with Gasteiger partial charge in [0.15, 0.2) is 0 Å². The SMILES string of the molecule is C=CCCN1CN(C/C=C/C)CN(c2snc(CC)c2C)C1=O. The smallest absolute Gasteiger partial charge is 0.311 e. The number of anilines is 1. The van der Waals surface area contributed by atoms with Crippen LogP contribution in [0.5, 0.6) is 0 Å². The highest BCUT2D eigenvalue weighted by Gasteiger charge is 2.32. The van der Waals surface area contributed by atoms with Crippen LogP contribution in [0.2, 0.25) is 0 Å². The third-order valence-electron chi connectivity index (χ3n) is 3.99. The quantitative estimate of drug-likeness (QED) is 0.715. The molecular weight excluding hydrogens is 308 g/mol. The lowest BCUT2D eigenvalue weighted by Gasteiger charge is -2.41. The van der Waals surface area contributed by atoms with Gasteiger partial charge in [0.1, 0.15) is 5.00 Å². The zero-order valence-corrected chi connectivity index (χ0v) is 15.1. The van der Waals surface area contributed by atoms with E-state index < -0.39 is 0 Å². The molecule has 0 N–H and O–H groups in total. The summed E-state index contributed by atoms with van der Waals surface area (Å²) < 4.78 is 4.50. The molecule has 1 aromatic heterocycles. The molecule has 0 bridgehead atoms. The van der Waals surface area contributed by atoms with Crippen LogP contribution < -0.4 is 4.90 Å². The molecule has 5 nitrogen and oxygen atoms in total. The number of nitrogens with zero attached hydrogens (tertiary/aromatic N) is 4. The van der Waals surface area contributed by atoms with Crippen molar-refractivity contribution in [3.8, 4) is 0 Å². The van der Waals surface area contributed by atoms with Gasteiger partial charge in [-0.1, -0.05) is 25.2 Å². The number of hydrogen-bond donors (Lipinski definition) is 0. The fourth-order valence-corrected chi connectivity index (χ4v) is 3.60. The van der Waals surface area contributed by atoms with Gasteiger partial charge in [-0.25, -0.2) is 4.79 Å². The Morgan fingerprint density at radius 1 is 1.39 bits per heavy atom. The molecule has 0 aromatic carbocycles. The van der Waals surface area contributed by atoms with Gasteiger partial charge in [-0.05, 0) is 38.2 Å². The Balaban J connectivity index is 2.25. The first-order chi connectivity index (χ1) is 11.1. The fourth-order valence-electron chi connectivity index (χ4n) is 2.65. The molecule has 1 saturated heterocycles. The standard InChI is InChI=1S/C17H26N4OS/c1-5-8-10-19-12-20(11-9-6-2)17(22)21(13-19)16-14(4)15(7-3)18-23-16/h5-6,8H,2,7,9-13H2,1,3-4H3/b8-5+. The first-order valence-corrected chi connectivity index (χ1v) is 8.85. The van der Waals surface area contributed by atoms with E-state index in [9.17, 15) is 4.79 Å². The minimum atomic E-state index is 0.0676. The predicted molar refractivity (Wildman–Crippen MR) is 96.9 cm³/mol. The topological polar surface area (TPSA) is 39.7 Å². The average molecular weight is 334 g/mol. The van der Waals surface area contributed by atoms with Crippen LogP contribution in [0.15, 0.2) is 24.8 Å². The molecule has 0 radical (unpaired) electrons. The van der Waals surface area contributed by atoms with Crippen LogP contribution in [-0.2, 0) is 6.42 Å². The molecule has 126 valence electrons. The summed E-state index contributed by atoms with van der Waals surface area (Å²) in [6.07, 6.45) is 7.72. The highest BCUT2D eigenvalue weighted by Crippen LogP contribution is 2.31. The van der Waals surface area contributed by atoms with E-state index in [0.29, 0.717) is 19.9 Å². The van der Waals surface area contributed by atoms with E-state index in [-0.39, 0.29) is 6.03 Å². The van der Waals surface area contributed by atoms with Gasteiger partial charge >= 0.3 is 6.03 Å². The van der Waals surface area contributed by atoms with Crippen LogP contribution >= 0.6 is 11.5 Å². The van der Waals surface area contributed by atoms with E-state index in [1.807, 2.05) is 28.9 Å². The van der Waals surface area contributed by atoms with Crippen LogP contribution in [-0.4, -0.2) is 46.6 Å². The molecule has 2 rings (SSSR count). The summed E-state index contributed by atoms with van der Waals surface area (Å²) in [6, 6.07) is 0.0676. The van der Waals surface area contributed by atoms with Gasteiger partial charge in [0.2, 0.25) is 0 Å². The van der Waals surface area contributed by atoms with Gasteiger partial charge in [0, 0.05) is 18.7 Å². The number of hydrogen-bond acceptors (Lipinski definition) is 4. The molecule has 2 amide bonds. The number of carbonyl (C=O) groups excluding carboxylic acids is 1. The Kier molecular flexibility index (Phi) is 6.36. The number of carbonyl (C=O) groups is 1. The molecule has 1 fully saturated rings. The predicted octanol–water partition coefficient (Wildman–Crippen LogP) is 3.63. The Labute approximate surface area is 143 Å². The summed E-state index contributed by atoms with van der Waals surface area (Å²) in [5.41, 5.74) is 2.21. The Morgan fingerprint density at radius 3 is 2.78 bits per heavy atom. The minimum absolute atomic E-state index is 0.0676. The molecule has 6 heteroatoms. The molecular formula is C17H26N4OS. The van der Waals surface area contributed by atoms with E-state index in [4.69, 9.17) is 0 Å². The zero-order valence-electron chi connectivity index (χ0n) is 14.3.